The summed E-state index contributed by atoms with van der Waals surface area (Å²) in [6.45, 7) is 0. The zero-order chi connectivity index (χ0) is 12.6. The summed E-state index contributed by atoms with van der Waals surface area (Å²) in [5, 5.41) is 13.5. The first kappa shape index (κ1) is 11.8. The monoisotopic (exact) mass is 270 g/mol. The first-order valence-corrected chi connectivity index (χ1v) is 6.83. The van der Waals surface area contributed by atoms with Gasteiger partial charge in [-0.1, -0.05) is 18.2 Å². The molecule has 7 heteroatoms. The van der Waals surface area contributed by atoms with Crippen molar-refractivity contribution < 1.29 is 13.5 Å². The smallest absolute Gasteiger partial charge is 0.261 e. The second kappa shape index (κ2) is 3.97. The molecule has 2 aromatic carbocycles. The highest BCUT2D eigenvalue weighted by Gasteiger charge is 2.16. The van der Waals surface area contributed by atoms with Crippen LogP contribution in [0.15, 0.2) is 40.3 Å². The van der Waals surface area contributed by atoms with E-state index in [1.807, 2.05) is 0 Å². The normalized spacial score (nSPS) is 11.6. The summed E-state index contributed by atoms with van der Waals surface area (Å²) in [7, 11) is 1.41. The minimum atomic E-state index is -3.88. The van der Waals surface area contributed by atoms with Crippen LogP contribution in [0.1, 0.15) is 0 Å². The highest BCUT2D eigenvalue weighted by molar-refractivity contribution is 8.14. The minimum Gasteiger partial charge on any atom is -0.505 e. The number of aromatic hydroxyl groups is 1. The summed E-state index contributed by atoms with van der Waals surface area (Å²) in [6.07, 6.45) is 0. The Labute approximate surface area is 102 Å². The fourth-order valence-corrected chi connectivity index (χ4v) is 2.69. The van der Waals surface area contributed by atoms with Crippen LogP contribution in [0.2, 0.25) is 0 Å². The molecule has 0 saturated carbocycles. The number of halogens is 1. The van der Waals surface area contributed by atoms with Crippen LogP contribution in [0, 0.1) is 5.53 Å². The molecule has 2 rings (SSSR count). The third-order valence-corrected chi connectivity index (χ3v) is 3.73. The molecule has 2 N–H and O–H groups in total. The van der Waals surface area contributed by atoms with Crippen molar-refractivity contribution >= 4 is 36.2 Å². The fourth-order valence-electron chi connectivity index (χ4n) is 1.60. The third kappa shape index (κ3) is 1.96. The minimum absolute atomic E-state index is 0.0709. The predicted octanol–water partition coefficient (Wildman–Crippen LogP) is 3.14. The quantitative estimate of drug-likeness (QED) is 0.649. The predicted molar refractivity (Wildman–Crippen MR) is 63.5 cm³/mol. The number of nitrogens with zero attached hydrogens (tertiary/aromatic N) is 1. The van der Waals surface area contributed by atoms with Crippen molar-refractivity contribution in [3.05, 3.63) is 30.3 Å². The largest absolute Gasteiger partial charge is 0.505 e. The molecule has 0 radical (unpaired) electrons. The summed E-state index contributed by atoms with van der Waals surface area (Å²) in [5.74, 6) is -0.236. The van der Waals surface area contributed by atoms with E-state index >= 15 is 0 Å². The lowest BCUT2D eigenvalue weighted by Gasteiger charge is -2.06. The summed E-state index contributed by atoms with van der Waals surface area (Å²) in [5.41, 5.74) is 6.93. The van der Waals surface area contributed by atoms with Crippen molar-refractivity contribution in [3.8, 4) is 5.75 Å². The Hall–Kier alpha value is -1.66. The molecule has 0 fully saturated rings. The van der Waals surface area contributed by atoms with Crippen LogP contribution in [-0.4, -0.2) is 13.5 Å². The first-order valence-electron chi connectivity index (χ1n) is 4.52. The molecule has 0 bridgehead atoms. The topological polar surface area (TPSA) is 90.6 Å². The summed E-state index contributed by atoms with van der Waals surface area (Å²) in [6, 6.07) is 7.16. The van der Waals surface area contributed by atoms with Crippen molar-refractivity contribution in [2.24, 2.45) is 5.11 Å². The average molecular weight is 271 g/mol. The molecule has 88 valence electrons. The van der Waals surface area contributed by atoms with Gasteiger partial charge in [0.25, 0.3) is 9.05 Å². The van der Waals surface area contributed by atoms with Crippen LogP contribution in [0.4, 0.5) is 5.69 Å². The van der Waals surface area contributed by atoms with Gasteiger partial charge in [-0.3, -0.25) is 0 Å². The lowest BCUT2D eigenvalue weighted by atomic mass is 10.1. The third-order valence-electron chi connectivity index (χ3n) is 2.35. The van der Waals surface area contributed by atoms with Gasteiger partial charge in [0.1, 0.15) is 5.69 Å². The van der Waals surface area contributed by atoms with E-state index in [0.29, 0.717) is 10.8 Å². The molecule has 0 spiro atoms. The van der Waals surface area contributed by atoms with E-state index in [1.54, 1.807) is 0 Å². The number of rotatable bonds is 2. The van der Waals surface area contributed by atoms with Crippen LogP contribution in [-0.2, 0) is 9.05 Å². The van der Waals surface area contributed by atoms with Crippen LogP contribution in [0.3, 0.4) is 0 Å². The Morgan fingerprint density at radius 3 is 2.47 bits per heavy atom. The molecule has 0 aliphatic carbocycles. The highest BCUT2D eigenvalue weighted by Crippen LogP contribution is 2.37. The molecular formula is C10H7ClN2O3S. The van der Waals surface area contributed by atoms with E-state index in [-0.39, 0.29) is 16.3 Å². The number of hydrogen-bond acceptors (Lipinski definition) is 5. The number of phenols is 1. The number of hydrogen-bond donors (Lipinski definition) is 2. The fraction of sp³-hybridized carbons (Fsp3) is 0. The maximum atomic E-state index is 11.3. The van der Waals surface area contributed by atoms with Gasteiger partial charge in [-0.2, -0.15) is 5.11 Å². The summed E-state index contributed by atoms with van der Waals surface area (Å²) >= 11 is 0. The van der Waals surface area contributed by atoms with Gasteiger partial charge in [0, 0.05) is 21.5 Å². The van der Waals surface area contributed by atoms with E-state index in [1.165, 1.54) is 30.3 Å². The molecular weight excluding hydrogens is 264 g/mol. The summed E-state index contributed by atoms with van der Waals surface area (Å²) < 4.78 is 22.7. The lowest BCUT2D eigenvalue weighted by molar-refractivity contribution is 0.482. The zero-order valence-corrected chi connectivity index (χ0v) is 9.96. The molecule has 2 aromatic rings. The van der Waals surface area contributed by atoms with Crippen molar-refractivity contribution in [1.29, 1.82) is 5.53 Å². The Morgan fingerprint density at radius 2 is 1.88 bits per heavy atom. The standard InChI is InChI=1S/C10H7ClN2O3S/c11-17(15,16)9-3-1-2-7-6(9)4-5-8(13-12)10(7)14/h1-5,12,14H. The van der Waals surface area contributed by atoms with E-state index < -0.39 is 9.05 Å². The van der Waals surface area contributed by atoms with Gasteiger partial charge < -0.3 is 5.11 Å². The zero-order valence-electron chi connectivity index (χ0n) is 8.38. The highest BCUT2D eigenvalue weighted by atomic mass is 35.7. The summed E-state index contributed by atoms with van der Waals surface area (Å²) in [4.78, 5) is -0.0801. The van der Waals surface area contributed by atoms with Gasteiger partial charge in [0.2, 0.25) is 0 Å². The van der Waals surface area contributed by atoms with Gasteiger partial charge in [-0.15, -0.1) is 0 Å². The van der Waals surface area contributed by atoms with Crippen LogP contribution in [0.5, 0.6) is 5.75 Å². The van der Waals surface area contributed by atoms with E-state index in [4.69, 9.17) is 16.2 Å². The van der Waals surface area contributed by atoms with E-state index in [0.717, 1.165) is 0 Å². The van der Waals surface area contributed by atoms with Crippen molar-refractivity contribution in [2.75, 3.05) is 0 Å². The molecule has 0 aromatic heterocycles. The Morgan fingerprint density at radius 1 is 1.18 bits per heavy atom. The van der Waals surface area contributed by atoms with E-state index in [2.05, 4.69) is 5.11 Å². The average Bonchev–Trinajstić information content (AvgIpc) is 2.28. The molecule has 0 amide bonds. The van der Waals surface area contributed by atoms with Crippen LogP contribution >= 0.6 is 10.7 Å². The molecule has 0 atom stereocenters. The second-order valence-corrected chi connectivity index (χ2v) is 5.87. The molecule has 0 unspecified atom stereocenters. The Kier molecular flexibility index (Phi) is 2.76. The maximum absolute atomic E-state index is 11.3. The van der Waals surface area contributed by atoms with Crippen LogP contribution in [0.25, 0.3) is 10.8 Å². The van der Waals surface area contributed by atoms with Crippen LogP contribution < -0.4 is 0 Å². The van der Waals surface area contributed by atoms with Crippen molar-refractivity contribution in [3.63, 3.8) is 0 Å². The number of fused-ring (bicyclic) bond motifs is 1. The van der Waals surface area contributed by atoms with Gasteiger partial charge in [0.15, 0.2) is 5.75 Å². The molecule has 0 aliphatic heterocycles. The number of nitrogens with one attached hydrogen (secondary N) is 1. The molecule has 0 heterocycles. The van der Waals surface area contributed by atoms with E-state index in [9.17, 15) is 13.5 Å². The van der Waals surface area contributed by atoms with Gasteiger partial charge in [-0.25, -0.2) is 13.9 Å². The SMILES string of the molecule is N=Nc1ccc2c(S(=O)(=O)Cl)cccc2c1O. The Bertz CT molecular complexity index is 713. The molecule has 0 aliphatic rings. The lowest BCUT2D eigenvalue weighted by Crippen LogP contribution is -1.91. The number of benzene rings is 2. The number of phenolic OH excluding ortho intramolecular Hbond substituents is 1. The first-order chi connectivity index (χ1) is 7.95. The van der Waals surface area contributed by atoms with Crippen molar-refractivity contribution in [2.45, 2.75) is 4.90 Å². The maximum Gasteiger partial charge on any atom is 0.261 e. The second-order valence-electron chi connectivity index (χ2n) is 3.33. The van der Waals surface area contributed by atoms with Gasteiger partial charge in [-0.05, 0) is 12.1 Å². The van der Waals surface area contributed by atoms with Gasteiger partial charge >= 0.3 is 0 Å². The van der Waals surface area contributed by atoms with Gasteiger partial charge in [0.05, 0.1) is 4.90 Å². The Balaban J connectivity index is 2.94. The van der Waals surface area contributed by atoms with Crippen molar-refractivity contribution in [1.82, 2.24) is 0 Å². The molecule has 17 heavy (non-hydrogen) atoms. The molecule has 5 nitrogen and oxygen atoms in total. The molecule has 0 saturated heterocycles.